The van der Waals surface area contributed by atoms with Crippen LogP contribution in [0.3, 0.4) is 0 Å². The van der Waals surface area contributed by atoms with Gasteiger partial charge in [0.1, 0.15) is 0 Å². The highest BCUT2D eigenvalue weighted by atomic mass is 16.5. The molecule has 3 aromatic carbocycles. The van der Waals surface area contributed by atoms with Crippen molar-refractivity contribution in [3.05, 3.63) is 105 Å². The van der Waals surface area contributed by atoms with Crippen molar-refractivity contribution in [1.29, 1.82) is 0 Å². The molecule has 0 unspecified atom stereocenters. The number of piperidine rings is 2. The van der Waals surface area contributed by atoms with E-state index >= 15 is 0 Å². The topological polar surface area (TPSA) is 155 Å². The van der Waals surface area contributed by atoms with Crippen molar-refractivity contribution in [3.63, 3.8) is 0 Å². The zero-order chi connectivity index (χ0) is 41.5. The highest BCUT2D eigenvalue weighted by Crippen LogP contribution is 2.36. The van der Waals surface area contributed by atoms with Crippen LogP contribution in [0, 0.1) is 10.8 Å². The molecule has 0 radical (unpaired) electrons. The van der Waals surface area contributed by atoms with Crippen LogP contribution in [0.5, 0.6) is 0 Å². The van der Waals surface area contributed by atoms with Gasteiger partial charge in [-0.3, -0.25) is 34.5 Å². The molecule has 2 saturated heterocycles. The first-order valence-electron chi connectivity index (χ1n) is 21.0. The number of hydrogen-bond acceptors (Lipinski definition) is 8. The van der Waals surface area contributed by atoms with Gasteiger partial charge in [-0.1, -0.05) is 64.1 Å². The number of rotatable bonds is 8. The minimum Gasteiger partial charge on any atom is -0.343 e. The van der Waals surface area contributed by atoms with Gasteiger partial charge in [0.25, 0.3) is 11.8 Å². The summed E-state index contributed by atoms with van der Waals surface area (Å²) in [6.45, 7) is 15.8. The predicted octanol–water partition coefficient (Wildman–Crippen LogP) is 5.63. The van der Waals surface area contributed by atoms with Gasteiger partial charge >= 0.3 is 0 Å². The van der Waals surface area contributed by atoms with Gasteiger partial charge in [0, 0.05) is 68.8 Å². The molecule has 0 atom stereocenters. The van der Waals surface area contributed by atoms with Gasteiger partial charge in [0.05, 0.1) is 0 Å². The zero-order valence-corrected chi connectivity index (χ0v) is 34.7. The van der Waals surface area contributed by atoms with Crippen LogP contribution in [-0.2, 0) is 41.9 Å². The largest absolute Gasteiger partial charge is 0.343 e. The standard InChI is InChI=1S/C23H33N3O4.C23H29N3O2/c1-22(2,3)14-19(27)25-11-8-23(4,9-12-25)21(29)26-10-7-16-13-17(20(28)24-30)5-6-18(16)15-26;27-23(25-28)21-5-6-22-16-26(14-10-20(22)15-21)13-9-17-1-3-18(4-2-17)19-7-11-24-12-8-19/h5-6,13,30H,7-12,14-15H2,1-4H3,(H,24,28);1-6,15,19,24,28H,7-14,16H2,(H,25,27). The first kappa shape index (κ1) is 43.0. The molecule has 4 aliphatic heterocycles. The quantitative estimate of drug-likeness (QED) is 0.145. The average Bonchev–Trinajstić information content (AvgIpc) is 3.24. The second-order valence-corrected chi connectivity index (χ2v) is 18.0. The van der Waals surface area contributed by atoms with Crippen LogP contribution in [0.15, 0.2) is 60.7 Å². The van der Waals surface area contributed by atoms with Crippen molar-refractivity contribution in [2.75, 3.05) is 45.8 Å². The van der Waals surface area contributed by atoms with Crippen molar-refractivity contribution >= 4 is 23.6 Å². The van der Waals surface area contributed by atoms with E-state index in [0.717, 1.165) is 56.7 Å². The molecule has 0 aromatic heterocycles. The van der Waals surface area contributed by atoms with E-state index in [9.17, 15) is 19.2 Å². The number of fused-ring (bicyclic) bond motifs is 2. The Labute approximate surface area is 343 Å². The summed E-state index contributed by atoms with van der Waals surface area (Å²) in [5.41, 5.74) is 11.3. The Morgan fingerprint density at radius 1 is 0.741 bits per heavy atom. The van der Waals surface area contributed by atoms with Crippen LogP contribution < -0.4 is 16.3 Å². The number of nitrogens with one attached hydrogen (secondary N) is 3. The molecule has 312 valence electrons. The maximum Gasteiger partial charge on any atom is 0.274 e. The van der Waals surface area contributed by atoms with E-state index in [1.807, 2.05) is 34.9 Å². The van der Waals surface area contributed by atoms with E-state index in [-0.39, 0.29) is 17.2 Å². The van der Waals surface area contributed by atoms with Gasteiger partial charge in [-0.25, -0.2) is 11.0 Å². The molecule has 3 aromatic rings. The molecule has 0 spiro atoms. The van der Waals surface area contributed by atoms with E-state index in [1.54, 1.807) is 29.2 Å². The fraction of sp³-hybridized carbons (Fsp3) is 0.522. The number of carbonyl (C=O) groups excluding carboxylic acids is 4. The number of hydroxylamine groups is 2. The molecule has 4 aliphatic rings. The summed E-state index contributed by atoms with van der Waals surface area (Å²) in [4.78, 5) is 55.3. The van der Waals surface area contributed by atoms with Gasteiger partial charge < -0.3 is 15.1 Å². The summed E-state index contributed by atoms with van der Waals surface area (Å²) in [5.74, 6) is 0.0568. The van der Waals surface area contributed by atoms with Crippen LogP contribution >= 0.6 is 0 Å². The third kappa shape index (κ3) is 10.9. The van der Waals surface area contributed by atoms with Gasteiger partial charge in [-0.15, -0.1) is 0 Å². The summed E-state index contributed by atoms with van der Waals surface area (Å²) in [5, 5.41) is 21.0. The van der Waals surface area contributed by atoms with E-state index in [1.165, 1.54) is 35.1 Å². The van der Waals surface area contributed by atoms with Gasteiger partial charge in [-0.2, -0.15) is 0 Å². The van der Waals surface area contributed by atoms with Gasteiger partial charge in [0.2, 0.25) is 11.8 Å². The van der Waals surface area contributed by atoms with Crippen molar-refractivity contribution in [2.24, 2.45) is 10.8 Å². The highest BCUT2D eigenvalue weighted by molar-refractivity contribution is 5.94. The molecule has 5 N–H and O–H groups in total. The number of nitrogens with zero attached hydrogens (tertiary/aromatic N) is 3. The molecule has 4 heterocycles. The monoisotopic (exact) mass is 794 g/mol. The normalized spacial score (nSPS) is 18.2. The molecular weight excluding hydrogens is 733 g/mol. The maximum atomic E-state index is 13.3. The average molecular weight is 795 g/mol. The smallest absolute Gasteiger partial charge is 0.274 e. The number of hydrogen-bond donors (Lipinski definition) is 5. The maximum absolute atomic E-state index is 13.3. The Balaban J connectivity index is 0.000000196. The molecule has 0 saturated carbocycles. The number of likely N-dealkylation sites (tertiary alicyclic amines) is 1. The molecular formula is C46H62N6O6. The van der Waals surface area contributed by atoms with Crippen LogP contribution in [0.1, 0.15) is 120 Å². The summed E-state index contributed by atoms with van der Waals surface area (Å²) in [6, 6.07) is 20.3. The van der Waals surface area contributed by atoms with Crippen LogP contribution in [0.2, 0.25) is 0 Å². The lowest BCUT2D eigenvalue weighted by atomic mass is 9.78. The summed E-state index contributed by atoms with van der Waals surface area (Å²) >= 11 is 0. The lowest BCUT2D eigenvalue weighted by Crippen LogP contribution is -2.51. The van der Waals surface area contributed by atoms with Crippen molar-refractivity contribution in [3.8, 4) is 0 Å². The van der Waals surface area contributed by atoms with Gasteiger partial charge in [-0.05, 0) is 127 Å². The molecule has 0 aliphatic carbocycles. The van der Waals surface area contributed by atoms with E-state index in [2.05, 4.69) is 55.3 Å². The number of benzene rings is 3. The predicted molar refractivity (Wildman–Crippen MR) is 222 cm³/mol. The molecule has 0 bridgehead atoms. The van der Waals surface area contributed by atoms with Crippen LogP contribution in [0.25, 0.3) is 0 Å². The number of carbonyl (C=O) groups is 4. The Bertz CT molecular complexity index is 1930. The summed E-state index contributed by atoms with van der Waals surface area (Å²) in [6.07, 6.45) is 7.06. The van der Waals surface area contributed by atoms with Crippen LogP contribution in [-0.4, -0.2) is 94.6 Å². The summed E-state index contributed by atoms with van der Waals surface area (Å²) < 4.78 is 0. The lowest BCUT2D eigenvalue weighted by Gasteiger charge is -2.42. The Morgan fingerprint density at radius 3 is 1.88 bits per heavy atom. The number of amides is 4. The third-order valence-electron chi connectivity index (χ3n) is 12.5. The molecule has 58 heavy (non-hydrogen) atoms. The van der Waals surface area contributed by atoms with E-state index in [4.69, 9.17) is 10.4 Å². The van der Waals surface area contributed by atoms with Crippen LogP contribution in [0.4, 0.5) is 0 Å². The van der Waals surface area contributed by atoms with Crippen molar-refractivity contribution in [1.82, 2.24) is 31.0 Å². The Morgan fingerprint density at radius 2 is 1.31 bits per heavy atom. The highest BCUT2D eigenvalue weighted by Gasteiger charge is 2.41. The molecule has 12 heteroatoms. The lowest BCUT2D eigenvalue weighted by molar-refractivity contribution is -0.148. The molecule has 12 nitrogen and oxygen atoms in total. The molecule has 2 fully saturated rings. The van der Waals surface area contributed by atoms with E-state index in [0.29, 0.717) is 68.9 Å². The summed E-state index contributed by atoms with van der Waals surface area (Å²) in [7, 11) is 0. The second-order valence-electron chi connectivity index (χ2n) is 18.0. The Kier molecular flexibility index (Phi) is 14.1. The SMILES string of the molecule is CC(C)(C)CC(=O)N1CCC(C)(C(=O)N2CCc3cc(C(=O)NO)ccc3C2)CC1.O=C(NO)c1ccc2c(c1)CCN(CCc1ccc(C3CCNCC3)cc1)C2. The first-order valence-corrected chi connectivity index (χ1v) is 21.0. The molecule has 4 amide bonds. The van der Waals surface area contributed by atoms with Crippen molar-refractivity contribution in [2.45, 2.75) is 98.1 Å². The minimum atomic E-state index is -0.531. The van der Waals surface area contributed by atoms with Gasteiger partial charge in [0.15, 0.2) is 0 Å². The fourth-order valence-corrected chi connectivity index (χ4v) is 8.75. The van der Waals surface area contributed by atoms with E-state index < -0.39 is 17.2 Å². The minimum absolute atomic E-state index is 0.0352. The second kappa shape index (κ2) is 19.0. The molecule has 7 rings (SSSR count). The third-order valence-corrected chi connectivity index (χ3v) is 12.5. The first-order chi connectivity index (χ1) is 27.7. The Hall–Kier alpha value is -4.62. The van der Waals surface area contributed by atoms with Crippen molar-refractivity contribution < 1.29 is 29.6 Å². The fourth-order valence-electron chi connectivity index (χ4n) is 8.75. The zero-order valence-electron chi connectivity index (χ0n) is 34.7.